The summed E-state index contributed by atoms with van der Waals surface area (Å²) in [4.78, 5) is 39.0. The van der Waals surface area contributed by atoms with Gasteiger partial charge in [-0.15, -0.1) is 11.3 Å². The molecule has 0 unspecified atom stereocenters. The average molecular weight is 475 g/mol. The predicted octanol–water partition coefficient (Wildman–Crippen LogP) is 3.88. The molecule has 0 saturated heterocycles. The third-order valence-electron chi connectivity index (χ3n) is 4.86. The summed E-state index contributed by atoms with van der Waals surface area (Å²) in [6, 6.07) is 12.1. The van der Waals surface area contributed by atoms with Crippen molar-refractivity contribution in [3.8, 4) is 11.4 Å². The van der Waals surface area contributed by atoms with E-state index in [0.29, 0.717) is 0 Å². The lowest BCUT2D eigenvalue weighted by molar-refractivity contribution is -0.137. The van der Waals surface area contributed by atoms with Gasteiger partial charge in [0.15, 0.2) is 0 Å². The Morgan fingerprint density at radius 2 is 1.85 bits per heavy atom. The molecule has 2 heterocycles. The molecule has 0 atom stereocenters. The number of amides is 1. The van der Waals surface area contributed by atoms with Crippen molar-refractivity contribution < 1.29 is 22.7 Å². The fraction of sp³-hybridized carbons (Fsp3) is 0.136. The average Bonchev–Trinajstić information content (AvgIpc) is 3.27. The number of halogens is 3. The van der Waals surface area contributed by atoms with Gasteiger partial charge in [0.2, 0.25) is 5.91 Å². The van der Waals surface area contributed by atoms with Crippen LogP contribution in [0.1, 0.15) is 5.56 Å². The number of hydrogen-bond acceptors (Lipinski definition) is 5. The molecule has 0 aliphatic heterocycles. The largest absolute Gasteiger partial charge is 0.495 e. The molecule has 170 valence electrons. The van der Waals surface area contributed by atoms with Gasteiger partial charge in [0, 0.05) is 5.69 Å². The van der Waals surface area contributed by atoms with Crippen LogP contribution in [0.25, 0.3) is 15.9 Å². The zero-order chi connectivity index (χ0) is 23.8. The fourth-order valence-electron chi connectivity index (χ4n) is 3.38. The van der Waals surface area contributed by atoms with E-state index in [4.69, 9.17) is 4.74 Å². The van der Waals surface area contributed by atoms with Crippen molar-refractivity contribution >= 4 is 33.1 Å². The van der Waals surface area contributed by atoms with Crippen LogP contribution in [0.4, 0.5) is 18.9 Å². The molecule has 0 aliphatic carbocycles. The van der Waals surface area contributed by atoms with Crippen LogP contribution in [0.5, 0.6) is 5.75 Å². The molecule has 0 bridgehead atoms. The van der Waals surface area contributed by atoms with Gasteiger partial charge < -0.3 is 10.1 Å². The molecule has 0 radical (unpaired) electrons. The fourth-order valence-corrected chi connectivity index (χ4v) is 4.21. The van der Waals surface area contributed by atoms with Crippen molar-refractivity contribution in [3.05, 3.63) is 86.4 Å². The van der Waals surface area contributed by atoms with E-state index >= 15 is 0 Å². The van der Waals surface area contributed by atoms with Crippen LogP contribution in [0, 0.1) is 0 Å². The number of methoxy groups -OCH3 is 1. The molecule has 0 spiro atoms. The van der Waals surface area contributed by atoms with Crippen LogP contribution in [0.3, 0.4) is 0 Å². The molecule has 0 fully saturated rings. The van der Waals surface area contributed by atoms with Crippen LogP contribution < -0.4 is 21.3 Å². The number of hydrogen-bond donors (Lipinski definition) is 1. The first-order valence-electron chi connectivity index (χ1n) is 9.54. The molecule has 4 aromatic rings. The van der Waals surface area contributed by atoms with Crippen LogP contribution in [-0.2, 0) is 17.5 Å². The Labute approximate surface area is 188 Å². The minimum Gasteiger partial charge on any atom is -0.495 e. The third-order valence-corrected chi connectivity index (χ3v) is 5.75. The standard InChI is InChI=1S/C22H16F3N3O4S/c1-32-17-8-3-2-7-15(17)28-20(30)19-16(9-10-33-19)27(21(28)31)12-18(29)26-14-6-4-5-13(11-14)22(23,24)25/h2-11H,12H2,1H3,(H,26,29). The third kappa shape index (κ3) is 4.27. The molecule has 4 rings (SSSR count). The van der Waals surface area contributed by atoms with Gasteiger partial charge in [-0.25, -0.2) is 9.36 Å². The summed E-state index contributed by atoms with van der Waals surface area (Å²) in [5.41, 5.74) is -1.87. The van der Waals surface area contributed by atoms with Crippen molar-refractivity contribution in [1.29, 1.82) is 0 Å². The number of rotatable bonds is 5. The van der Waals surface area contributed by atoms with Gasteiger partial charge in [0.05, 0.1) is 23.9 Å². The first kappa shape index (κ1) is 22.3. The van der Waals surface area contributed by atoms with E-state index in [1.54, 1.807) is 23.6 Å². The number of benzene rings is 2. The normalized spacial score (nSPS) is 11.5. The van der Waals surface area contributed by atoms with Gasteiger partial charge in [-0.05, 0) is 41.8 Å². The number of nitrogens with one attached hydrogen (secondary N) is 1. The minimum atomic E-state index is -4.56. The van der Waals surface area contributed by atoms with Gasteiger partial charge in [0.1, 0.15) is 17.0 Å². The van der Waals surface area contributed by atoms with Crippen molar-refractivity contribution in [1.82, 2.24) is 9.13 Å². The molecule has 2 aromatic heterocycles. The van der Waals surface area contributed by atoms with Crippen molar-refractivity contribution in [3.63, 3.8) is 0 Å². The second-order valence-corrected chi connectivity index (χ2v) is 7.86. The first-order valence-corrected chi connectivity index (χ1v) is 10.4. The molecular formula is C22H16F3N3O4S. The monoisotopic (exact) mass is 475 g/mol. The molecule has 0 aliphatic rings. The van der Waals surface area contributed by atoms with E-state index in [0.717, 1.165) is 32.6 Å². The molecule has 1 N–H and O–H groups in total. The quantitative estimate of drug-likeness (QED) is 0.475. The van der Waals surface area contributed by atoms with Crippen molar-refractivity contribution in [2.24, 2.45) is 0 Å². The summed E-state index contributed by atoms with van der Waals surface area (Å²) < 4.78 is 46.4. The van der Waals surface area contributed by atoms with E-state index in [1.165, 1.54) is 31.4 Å². The number of aromatic nitrogens is 2. The van der Waals surface area contributed by atoms with E-state index in [2.05, 4.69) is 5.32 Å². The topological polar surface area (TPSA) is 82.3 Å². The Kier molecular flexibility index (Phi) is 5.81. The van der Waals surface area contributed by atoms with Gasteiger partial charge in [-0.3, -0.25) is 14.2 Å². The number of carbonyl (C=O) groups is 1. The molecule has 7 nitrogen and oxygen atoms in total. The summed E-state index contributed by atoms with van der Waals surface area (Å²) in [5.74, 6) is -0.443. The zero-order valence-electron chi connectivity index (χ0n) is 17.1. The van der Waals surface area contributed by atoms with Gasteiger partial charge in [-0.2, -0.15) is 13.2 Å². The summed E-state index contributed by atoms with van der Waals surface area (Å²) in [6.07, 6.45) is -4.56. The highest BCUT2D eigenvalue weighted by molar-refractivity contribution is 7.17. The number of ether oxygens (including phenoxy) is 1. The highest BCUT2D eigenvalue weighted by atomic mass is 32.1. The van der Waals surface area contributed by atoms with Crippen LogP contribution in [0.2, 0.25) is 0 Å². The number of thiophene rings is 1. The van der Waals surface area contributed by atoms with E-state index in [-0.39, 0.29) is 27.3 Å². The summed E-state index contributed by atoms with van der Waals surface area (Å²) >= 11 is 1.10. The first-order chi connectivity index (χ1) is 15.7. The molecular weight excluding hydrogens is 459 g/mol. The minimum absolute atomic E-state index is 0.0671. The lowest BCUT2D eigenvalue weighted by Gasteiger charge is -2.14. The Morgan fingerprint density at radius 1 is 1.09 bits per heavy atom. The smallest absolute Gasteiger partial charge is 0.416 e. The SMILES string of the molecule is COc1ccccc1-n1c(=O)c2sccc2n(CC(=O)Nc2cccc(C(F)(F)F)c2)c1=O. The Bertz CT molecular complexity index is 1470. The Morgan fingerprint density at radius 3 is 2.58 bits per heavy atom. The number of fused-ring (bicyclic) bond motifs is 1. The number of anilines is 1. The summed E-state index contributed by atoms with van der Waals surface area (Å²) in [5, 5.41) is 3.99. The summed E-state index contributed by atoms with van der Waals surface area (Å²) in [7, 11) is 1.40. The lowest BCUT2D eigenvalue weighted by atomic mass is 10.2. The van der Waals surface area contributed by atoms with Gasteiger partial charge in [-0.1, -0.05) is 18.2 Å². The predicted molar refractivity (Wildman–Crippen MR) is 118 cm³/mol. The summed E-state index contributed by atoms with van der Waals surface area (Å²) in [6.45, 7) is -0.516. The van der Waals surface area contributed by atoms with E-state index in [1.807, 2.05) is 0 Å². The number of nitrogens with zero attached hydrogens (tertiary/aromatic N) is 2. The second-order valence-electron chi connectivity index (χ2n) is 6.94. The van der Waals surface area contributed by atoms with Crippen molar-refractivity contribution in [2.75, 3.05) is 12.4 Å². The number of alkyl halides is 3. The van der Waals surface area contributed by atoms with Gasteiger partial charge in [0.25, 0.3) is 5.56 Å². The zero-order valence-corrected chi connectivity index (χ0v) is 17.9. The van der Waals surface area contributed by atoms with Crippen LogP contribution in [0.15, 0.2) is 69.6 Å². The second kappa shape index (κ2) is 8.58. The van der Waals surface area contributed by atoms with Crippen molar-refractivity contribution in [2.45, 2.75) is 12.7 Å². The maximum Gasteiger partial charge on any atom is 0.416 e. The highest BCUT2D eigenvalue weighted by Gasteiger charge is 2.30. The Balaban J connectivity index is 1.76. The lowest BCUT2D eigenvalue weighted by Crippen LogP contribution is -2.40. The van der Waals surface area contributed by atoms with E-state index in [9.17, 15) is 27.6 Å². The molecule has 0 saturated carbocycles. The highest BCUT2D eigenvalue weighted by Crippen LogP contribution is 2.30. The van der Waals surface area contributed by atoms with E-state index < -0.39 is 35.4 Å². The molecule has 1 amide bonds. The van der Waals surface area contributed by atoms with Crippen LogP contribution >= 0.6 is 11.3 Å². The Hall–Kier alpha value is -3.86. The molecule has 33 heavy (non-hydrogen) atoms. The maximum absolute atomic E-state index is 13.3. The molecule has 2 aromatic carbocycles. The number of para-hydroxylation sites is 2. The maximum atomic E-state index is 13.3. The molecule has 11 heteroatoms. The van der Waals surface area contributed by atoms with Crippen LogP contribution in [-0.4, -0.2) is 22.2 Å². The number of carbonyl (C=O) groups excluding carboxylic acids is 1. The van der Waals surface area contributed by atoms with Gasteiger partial charge >= 0.3 is 11.9 Å².